The van der Waals surface area contributed by atoms with Gasteiger partial charge in [0.05, 0.1) is 0 Å². The van der Waals surface area contributed by atoms with Gasteiger partial charge in [-0.25, -0.2) is 13.4 Å². The van der Waals surface area contributed by atoms with Crippen LogP contribution in [0, 0.1) is 11.3 Å². The minimum atomic E-state index is -3.96. The van der Waals surface area contributed by atoms with Crippen molar-refractivity contribution in [1.82, 2.24) is 9.29 Å². The molecule has 1 aromatic heterocycles. The third-order valence-corrected chi connectivity index (χ3v) is 5.73. The first-order valence-electron chi connectivity index (χ1n) is 6.45. The quantitative estimate of drug-likeness (QED) is 0.890. The van der Waals surface area contributed by atoms with Gasteiger partial charge in [0.15, 0.2) is 0 Å². The van der Waals surface area contributed by atoms with Gasteiger partial charge in [0.25, 0.3) is 0 Å². The lowest BCUT2D eigenvalue weighted by Gasteiger charge is -2.40. The number of nitrogens with zero attached hydrogens (tertiary/aromatic N) is 3. The second-order valence-corrected chi connectivity index (χ2v) is 6.97. The number of sulfonamides is 1. The van der Waals surface area contributed by atoms with Gasteiger partial charge in [-0.15, -0.1) is 0 Å². The molecule has 1 saturated heterocycles. The van der Waals surface area contributed by atoms with Gasteiger partial charge in [-0.2, -0.15) is 9.57 Å². The number of aliphatic carboxylic acids is 1. The van der Waals surface area contributed by atoms with Crippen molar-refractivity contribution in [2.75, 3.05) is 6.54 Å². The number of carboxylic acid groups (broad SMARTS) is 1. The highest BCUT2D eigenvalue weighted by Crippen LogP contribution is 2.33. The molecule has 0 aliphatic carbocycles. The predicted octanol–water partition coefficient (Wildman–Crippen LogP) is 0.971. The lowest BCUT2D eigenvalue weighted by molar-refractivity contribution is -0.149. The van der Waals surface area contributed by atoms with Crippen molar-refractivity contribution in [2.24, 2.45) is 0 Å². The Morgan fingerprint density at radius 2 is 2.19 bits per heavy atom. The Hall–Kier alpha value is -1.98. The number of pyridine rings is 1. The summed E-state index contributed by atoms with van der Waals surface area (Å²) in [7, 11) is -3.96. The van der Waals surface area contributed by atoms with E-state index < -0.39 is 21.5 Å². The number of hydrogen-bond acceptors (Lipinski definition) is 5. The second kappa shape index (κ2) is 5.42. The maximum atomic E-state index is 12.6. The van der Waals surface area contributed by atoms with Crippen LogP contribution in [0.15, 0.2) is 23.2 Å². The van der Waals surface area contributed by atoms with Crippen LogP contribution >= 0.6 is 0 Å². The van der Waals surface area contributed by atoms with Gasteiger partial charge < -0.3 is 5.11 Å². The molecule has 1 N–H and O–H groups in total. The molecule has 0 radical (unpaired) electrons. The van der Waals surface area contributed by atoms with Crippen LogP contribution in [0.5, 0.6) is 0 Å². The molecule has 0 amide bonds. The monoisotopic (exact) mass is 309 g/mol. The molecule has 1 aliphatic rings. The maximum absolute atomic E-state index is 12.6. The first-order valence-corrected chi connectivity index (χ1v) is 7.89. The Morgan fingerprint density at radius 3 is 2.71 bits per heavy atom. The number of carboxylic acids is 1. The molecule has 7 nitrogen and oxygen atoms in total. The van der Waals surface area contributed by atoms with Gasteiger partial charge in [0.2, 0.25) is 10.0 Å². The van der Waals surface area contributed by atoms with E-state index in [9.17, 15) is 18.3 Å². The molecule has 1 aliphatic heterocycles. The summed E-state index contributed by atoms with van der Waals surface area (Å²) in [4.78, 5) is 15.1. The fourth-order valence-electron chi connectivity index (χ4n) is 2.42. The molecule has 2 heterocycles. The van der Waals surface area contributed by atoms with E-state index in [0.29, 0.717) is 12.8 Å². The fourth-order valence-corrected chi connectivity index (χ4v) is 4.17. The average molecular weight is 309 g/mol. The number of nitriles is 1. The van der Waals surface area contributed by atoms with Gasteiger partial charge in [-0.1, -0.05) is 0 Å². The van der Waals surface area contributed by atoms with Crippen molar-refractivity contribution in [1.29, 1.82) is 5.26 Å². The summed E-state index contributed by atoms with van der Waals surface area (Å²) >= 11 is 0. The van der Waals surface area contributed by atoms with Crippen molar-refractivity contribution in [3.8, 4) is 6.07 Å². The molecular formula is C13H15N3O4S. The van der Waals surface area contributed by atoms with Gasteiger partial charge in [-0.05, 0) is 38.3 Å². The van der Waals surface area contributed by atoms with E-state index in [0.717, 1.165) is 10.5 Å². The number of carbonyl (C=O) groups is 1. The Labute approximate surface area is 122 Å². The van der Waals surface area contributed by atoms with E-state index in [2.05, 4.69) is 4.98 Å². The van der Waals surface area contributed by atoms with Crippen LogP contribution in [-0.2, 0) is 14.8 Å². The first kappa shape index (κ1) is 15.4. The van der Waals surface area contributed by atoms with Crippen LogP contribution in [0.4, 0.5) is 0 Å². The van der Waals surface area contributed by atoms with Crippen molar-refractivity contribution < 1.29 is 18.3 Å². The molecule has 0 bridgehead atoms. The van der Waals surface area contributed by atoms with E-state index >= 15 is 0 Å². The summed E-state index contributed by atoms with van der Waals surface area (Å²) in [6.45, 7) is 1.58. The minimum absolute atomic E-state index is 0.101. The SMILES string of the molecule is CC1(C(=O)O)CCCCN1S(=O)(=O)c1ccc(C#N)nc1. The number of rotatable bonds is 3. The second-order valence-electron chi connectivity index (χ2n) is 5.10. The summed E-state index contributed by atoms with van der Waals surface area (Å²) in [5.41, 5.74) is -1.35. The summed E-state index contributed by atoms with van der Waals surface area (Å²) in [6.07, 6.45) is 2.64. The Bertz CT molecular complexity index is 693. The highest BCUT2D eigenvalue weighted by Gasteiger charge is 2.47. The molecule has 0 saturated carbocycles. The molecule has 8 heteroatoms. The molecule has 2 rings (SSSR count). The largest absolute Gasteiger partial charge is 0.480 e. The summed E-state index contributed by atoms with van der Waals surface area (Å²) in [5.74, 6) is -1.16. The Balaban J connectivity index is 2.45. The fraction of sp³-hybridized carbons (Fsp3) is 0.462. The van der Waals surface area contributed by atoms with Crippen molar-refractivity contribution in [2.45, 2.75) is 36.6 Å². The highest BCUT2D eigenvalue weighted by atomic mass is 32.2. The Kier molecular flexibility index (Phi) is 3.98. The maximum Gasteiger partial charge on any atom is 0.324 e. The third-order valence-electron chi connectivity index (χ3n) is 3.72. The lowest BCUT2D eigenvalue weighted by Crippen LogP contribution is -2.57. The zero-order valence-electron chi connectivity index (χ0n) is 11.5. The van der Waals surface area contributed by atoms with Crippen LogP contribution in [0.25, 0.3) is 0 Å². The molecule has 1 fully saturated rings. The van der Waals surface area contributed by atoms with Crippen molar-refractivity contribution in [3.05, 3.63) is 24.0 Å². The summed E-state index contributed by atoms with van der Waals surface area (Å²) in [5, 5.41) is 18.1. The minimum Gasteiger partial charge on any atom is -0.480 e. The van der Waals surface area contributed by atoms with Crippen LogP contribution < -0.4 is 0 Å². The smallest absolute Gasteiger partial charge is 0.324 e. The zero-order chi connectivity index (χ0) is 15.7. The normalized spacial score (nSPS) is 23.4. The molecule has 21 heavy (non-hydrogen) atoms. The molecule has 112 valence electrons. The summed E-state index contributed by atoms with van der Waals surface area (Å²) in [6, 6.07) is 4.38. The number of piperidine rings is 1. The lowest BCUT2D eigenvalue weighted by atomic mass is 9.91. The molecule has 0 aromatic carbocycles. The number of aromatic nitrogens is 1. The van der Waals surface area contributed by atoms with E-state index in [1.165, 1.54) is 19.1 Å². The van der Waals surface area contributed by atoms with Crippen molar-refractivity contribution >= 4 is 16.0 Å². The van der Waals surface area contributed by atoms with E-state index in [1.807, 2.05) is 0 Å². The molecule has 1 aromatic rings. The van der Waals surface area contributed by atoms with Gasteiger partial charge in [0.1, 0.15) is 22.2 Å². The predicted molar refractivity (Wildman–Crippen MR) is 72.7 cm³/mol. The molecule has 1 unspecified atom stereocenters. The van der Waals surface area contributed by atoms with E-state index in [1.54, 1.807) is 6.07 Å². The highest BCUT2D eigenvalue weighted by molar-refractivity contribution is 7.89. The average Bonchev–Trinajstić information content (AvgIpc) is 2.47. The molecular weight excluding hydrogens is 294 g/mol. The topological polar surface area (TPSA) is 111 Å². The molecule has 0 spiro atoms. The van der Waals surface area contributed by atoms with Crippen LogP contribution in [0.1, 0.15) is 31.9 Å². The van der Waals surface area contributed by atoms with E-state index in [4.69, 9.17) is 5.26 Å². The zero-order valence-corrected chi connectivity index (χ0v) is 12.3. The van der Waals surface area contributed by atoms with Gasteiger partial charge in [-0.3, -0.25) is 4.79 Å². The third kappa shape index (κ3) is 2.62. The first-order chi connectivity index (χ1) is 9.82. The standard InChI is InChI=1S/C13H15N3O4S/c1-13(12(17)18)6-2-3-7-16(13)21(19,20)11-5-4-10(8-14)15-9-11/h4-5,9H,2-3,6-7H2,1H3,(H,17,18). The van der Waals surface area contributed by atoms with Crippen LogP contribution in [-0.4, -0.2) is 40.9 Å². The van der Waals surface area contributed by atoms with E-state index in [-0.39, 0.29) is 23.6 Å². The van der Waals surface area contributed by atoms with Gasteiger partial charge in [0, 0.05) is 12.7 Å². The summed E-state index contributed by atoms with van der Waals surface area (Å²) < 4.78 is 26.3. The van der Waals surface area contributed by atoms with Crippen LogP contribution in [0.3, 0.4) is 0 Å². The van der Waals surface area contributed by atoms with Crippen LogP contribution in [0.2, 0.25) is 0 Å². The Morgan fingerprint density at radius 1 is 1.48 bits per heavy atom. The van der Waals surface area contributed by atoms with Crippen molar-refractivity contribution in [3.63, 3.8) is 0 Å². The molecule has 1 atom stereocenters. The van der Waals surface area contributed by atoms with Gasteiger partial charge >= 0.3 is 5.97 Å². The number of hydrogen-bond donors (Lipinski definition) is 1.